The molecular formula is C37H61N7O7. The molecule has 5 fully saturated rings. The number of fused-ring (bicyclic) bond motifs is 2. The number of amides is 3. The monoisotopic (exact) mass is 715 g/mol. The minimum absolute atomic E-state index is 0.181. The van der Waals surface area contributed by atoms with Crippen LogP contribution in [0.4, 0.5) is 4.79 Å². The smallest absolute Gasteiger partial charge is 0.408 e. The molecule has 3 amide bonds. The van der Waals surface area contributed by atoms with Crippen LogP contribution in [0.25, 0.3) is 0 Å². The topological polar surface area (TPSA) is 174 Å². The van der Waals surface area contributed by atoms with Gasteiger partial charge in [-0.3, -0.25) is 9.59 Å². The number of carbonyl (C=O) groups is 4. The number of hydrogen-bond donors (Lipinski definition) is 6. The minimum Gasteiger partial charge on any atom is -0.479 e. The van der Waals surface area contributed by atoms with Crippen molar-refractivity contribution in [2.75, 3.05) is 26.7 Å². The van der Waals surface area contributed by atoms with E-state index >= 15 is 0 Å². The van der Waals surface area contributed by atoms with E-state index in [0.717, 1.165) is 70.9 Å². The number of nitrogens with zero attached hydrogens (tertiary/aromatic N) is 2. The fourth-order valence-electron chi connectivity index (χ4n) is 9.11. The Labute approximate surface area is 302 Å². The Hall–Kier alpha value is -2.78. The van der Waals surface area contributed by atoms with E-state index in [1.165, 1.54) is 0 Å². The first-order valence-electron chi connectivity index (χ1n) is 19.5. The molecule has 0 aromatic carbocycles. The van der Waals surface area contributed by atoms with Crippen LogP contribution in [-0.2, 0) is 23.9 Å². The molecule has 6 aliphatic rings. The third kappa shape index (κ3) is 8.89. The van der Waals surface area contributed by atoms with Crippen molar-refractivity contribution in [3.8, 4) is 0 Å². The molecule has 0 bridgehead atoms. The fraction of sp³-hybridized carbons (Fsp3) is 0.838. The second kappa shape index (κ2) is 16.1. The molecule has 4 heterocycles. The lowest BCUT2D eigenvalue weighted by atomic mass is 9.76. The van der Waals surface area contributed by atoms with Crippen LogP contribution in [0.3, 0.4) is 0 Å². The molecular weight excluding hydrogens is 654 g/mol. The zero-order valence-electron chi connectivity index (χ0n) is 31.0. The number of piperidine rings is 1. The molecule has 0 aromatic rings. The van der Waals surface area contributed by atoms with Crippen molar-refractivity contribution in [2.24, 2.45) is 17.8 Å². The van der Waals surface area contributed by atoms with E-state index < -0.39 is 41.2 Å². The Morgan fingerprint density at radius 1 is 0.980 bits per heavy atom. The molecule has 6 N–H and O–H groups in total. The predicted octanol–water partition coefficient (Wildman–Crippen LogP) is 2.60. The number of hydrazine groups is 2. The van der Waals surface area contributed by atoms with Crippen LogP contribution in [0.5, 0.6) is 0 Å². The standard InChI is InChI=1S/C37H61N7O7/c1-36(2,3)51-35(49)39-28-13-9-7-5-6-8-12-25-20-37(25,34(47)48)40-32(45)29-19-26(22-43(29)33(28)46)44-41-30(23-14-16-27(50-4)17-15-23)31(42-44)24-11-10-18-38-21-24/h8,12,23-31,38,41-42H,5-7,9-11,13-22H2,1-4H3,(H,39,49)(H,40,45)(H,47,48)/b12-8-/t23?,24?,25-,26+,27?,28+,29+,30?,31?,37-/m1/s1. The van der Waals surface area contributed by atoms with Gasteiger partial charge in [0.05, 0.1) is 12.1 Å². The average Bonchev–Trinajstić information content (AvgIpc) is 3.40. The number of carboxylic acids is 1. The van der Waals surface area contributed by atoms with Crippen molar-refractivity contribution in [3.05, 3.63) is 12.2 Å². The molecule has 51 heavy (non-hydrogen) atoms. The minimum atomic E-state index is -1.38. The zero-order valence-corrected chi connectivity index (χ0v) is 31.0. The van der Waals surface area contributed by atoms with Gasteiger partial charge < -0.3 is 35.4 Å². The normalized spacial score (nSPS) is 39.1. The maximum atomic E-state index is 14.5. The van der Waals surface area contributed by atoms with E-state index in [-0.39, 0.29) is 36.5 Å². The van der Waals surface area contributed by atoms with Crippen LogP contribution in [0.2, 0.25) is 0 Å². The maximum Gasteiger partial charge on any atom is 0.408 e. The lowest BCUT2D eigenvalue weighted by Crippen LogP contribution is -2.56. The van der Waals surface area contributed by atoms with Gasteiger partial charge in [-0.25, -0.2) is 20.4 Å². The molecule has 8 atom stereocenters. The fourth-order valence-corrected chi connectivity index (χ4v) is 9.11. The summed E-state index contributed by atoms with van der Waals surface area (Å²) in [5, 5.41) is 21.6. The number of allylic oxidation sites excluding steroid dienone is 1. The van der Waals surface area contributed by atoms with E-state index in [1.54, 1.807) is 32.8 Å². The van der Waals surface area contributed by atoms with E-state index in [2.05, 4.69) is 26.8 Å². The average molecular weight is 716 g/mol. The van der Waals surface area contributed by atoms with Crippen molar-refractivity contribution in [1.29, 1.82) is 0 Å². The van der Waals surface area contributed by atoms with E-state index in [1.807, 2.05) is 17.3 Å². The van der Waals surface area contributed by atoms with Gasteiger partial charge in [-0.2, -0.15) is 5.12 Å². The number of nitrogens with one attached hydrogen (secondary N) is 5. The molecule has 0 aromatic heterocycles. The highest BCUT2D eigenvalue weighted by Gasteiger charge is 2.61. The Morgan fingerprint density at radius 2 is 1.73 bits per heavy atom. The summed E-state index contributed by atoms with van der Waals surface area (Å²) in [7, 11) is 1.79. The van der Waals surface area contributed by atoms with Gasteiger partial charge in [0.15, 0.2) is 0 Å². The Bertz CT molecular complexity index is 1290. The predicted molar refractivity (Wildman–Crippen MR) is 190 cm³/mol. The molecule has 4 aliphatic heterocycles. The summed E-state index contributed by atoms with van der Waals surface area (Å²) in [6.07, 6.45) is 14.2. The van der Waals surface area contributed by atoms with Crippen molar-refractivity contribution < 1.29 is 33.8 Å². The Kier molecular flexibility index (Phi) is 12.0. The number of carbonyl (C=O) groups excluding carboxylic acids is 3. The zero-order chi connectivity index (χ0) is 36.3. The number of ether oxygens (including phenoxy) is 2. The third-order valence-corrected chi connectivity index (χ3v) is 12.1. The number of alkyl carbamates (subject to hydrolysis) is 1. The highest BCUT2D eigenvalue weighted by atomic mass is 16.6. The largest absolute Gasteiger partial charge is 0.479 e. The number of carboxylic acid groups (broad SMARTS) is 1. The summed E-state index contributed by atoms with van der Waals surface area (Å²) in [6.45, 7) is 7.52. The van der Waals surface area contributed by atoms with Crippen LogP contribution >= 0.6 is 0 Å². The molecule has 6 rings (SSSR count). The van der Waals surface area contributed by atoms with Crippen molar-refractivity contribution >= 4 is 23.9 Å². The summed E-state index contributed by atoms with van der Waals surface area (Å²) in [5.41, 5.74) is 5.51. The number of hydrogen-bond acceptors (Lipinski definition) is 10. The van der Waals surface area contributed by atoms with Crippen molar-refractivity contribution in [2.45, 2.75) is 152 Å². The lowest BCUT2D eigenvalue weighted by Gasteiger charge is -2.37. The second-order valence-corrected chi connectivity index (χ2v) is 16.8. The third-order valence-electron chi connectivity index (χ3n) is 12.1. The molecule has 2 aliphatic carbocycles. The quantitative estimate of drug-likeness (QED) is 0.223. The summed E-state index contributed by atoms with van der Waals surface area (Å²) < 4.78 is 11.2. The van der Waals surface area contributed by atoms with Crippen LogP contribution < -0.4 is 26.8 Å². The highest BCUT2D eigenvalue weighted by Crippen LogP contribution is 2.45. The molecule has 14 nitrogen and oxygen atoms in total. The summed E-state index contributed by atoms with van der Waals surface area (Å²) in [4.78, 5) is 55.9. The molecule has 3 saturated heterocycles. The van der Waals surface area contributed by atoms with Crippen LogP contribution in [0.15, 0.2) is 12.2 Å². The first-order chi connectivity index (χ1) is 24.4. The summed E-state index contributed by atoms with van der Waals surface area (Å²) in [6, 6.07) is -1.69. The number of aliphatic carboxylic acids is 1. The Morgan fingerprint density at radius 3 is 2.39 bits per heavy atom. The first-order valence-corrected chi connectivity index (χ1v) is 19.5. The summed E-state index contributed by atoms with van der Waals surface area (Å²) in [5.74, 6) is -1.31. The van der Waals surface area contributed by atoms with Gasteiger partial charge >= 0.3 is 12.1 Å². The maximum absolute atomic E-state index is 14.5. The first kappa shape index (κ1) is 38.0. The van der Waals surface area contributed by atoms with Gasteiger partial charge in [0.25, 0.3) is 0 Å². The van der Waals surface area contributed by atoms with E-state index in [0.29, 0.717) is 43.6 Å². The van der Waals surface area contributed by atoms with Gasteiger partial charge in [0, 0.05) is 31.7 Å². The molecule has 286 valence electrons. The van der Waals surface area contributed by atoms with E-state index in [4.69, 9.17) is 9.47 Å². The van der Waals surface area contributed by atoms with E-state index in [9.17, 15) is 24.3 Å². The van der Waals surface area contributed by atoms with Crippen LogP contribution in [0, 0.1) is 17.8 Å². The van der Waals surface area contributed by atoms with Crippen molar-refractivity contribution in [3.63, 3.8) is 0 Å². The number of rotatable bonds is 6. The molecule has 0 radical (unpaired) electrons. The SMILES string of the molecule is COC1CCC(C2NN([C@H]3C[C@H]4C(=O)N[C@]5(C(=O)O)C[C@H]5/C=C\CCCCC[C@H](NC(=O)OC(C)(C)C)C(=O)N4C3)NC2C2CCCNC2)CC1. The summed E-state index contributed by atoms with van der Waals surface area (Å²) >= 11 is 0. The van der Waals surface area contributed by atoms with Crippen molar-refractivity contribution in [1.82, 2.24) is 36.8 Å². The van der Waals surface area contributed by atoms with Crippen LogP contribution in [0.1, 0.15) is 104 Å². The van der Waals surface area contributed by atoms with Gasteiger partial charge in [-0.05, 0) is 116 Å². The molecule has 0 spiro atoms. The second-order valence-electron chi connectivity index (χ2n) is 16.8. The van der Waals surface area contributed by atoms with Gasteiger partial charge in [0.2, 0.25) is 11.8 Å². The van der Waals surface area contributed by atoms with Gasteiger partial charge in [0.1, 0.15) is 23.2 Å². The molecule has 14 heteroatoms. The number of methoxy groups -OCH3 is 1. The van der Waals surface area contributed by atoms with Gasteiger partial charge in [-0.15, -0.1) is 0 Å². The molecule has 3 unspecified atom stereocenters. The highest BCUT2D eigenvalue weighted by molar-refractivity contribution is 5.96. The van der Waals surface area contributed by atoms with Gasteiger partial charge in [-0.1, -0.05) is 25.0 Å². The Balaban J connectivity index is 1.26. The molecule has 2 saturated carbocycles. The van der Waals surface area contributed by atoms with Crippen LogP contribution in [-0.4, -0.2) is 113 Å². The lowest BCUT2D eigenvalue weighted by molar-refractivity contribution is -0.145.